The highest BCUT2D eigenvalue weighted by Crippen LogP contribution is 2.48. The van der Waals surface area contributed by atoms with Gasteiger partial charge in [-0.1, -0.05) is 66.7 Å². The number of rotatable bonds is 2. The van der Waals surface area contributed by atoms with Gasteiger partial charge in [0.2, 0.25) is 0 Å². The number of ether oxygens (including phenoxy) is 1. The van der Waals surface area contributed by atoms with E-state index >= 15 is 0 Å². The monoisotopic (exact) mass is 509 g/mol. The second-order valence-electron chi connectivity index (χ2n) is 10.5. The second-order valence-corrected chi connectivity index (χ2v) is 10.5. The number of pyridine rings is 1. The van der Waals surface area contributed by atoms with Crippen molar-refractivity contribution in [3.63, 3.8) is 0 Å². The molecule has 6 aromatic rings. The van der Waals surface area contributed by atoms with E-state index in [1.54, 1.807) is 7.11 Å². The molecule has 0 radical (unpaired) electrons. The highest BCUT2D eigenvalue weighted by atomic mass is 16.5. The SMILES string of the molecule is COc1cccc(N2c3cccc4c5ccccc5c5ccccc5c5cnc(C)c(C)c5n(c34)[C@@H]2C)c1C. The van der Waals surface area contributed by atoms with Gasteiger partial charge in [0.25, 0.3) is 0 Å². The summed E-state index contributed by atoms with van der Waals surface area (Å²) in [5.74, 6) is 0.896. The molecule has 0 spiro atoms. The molecule has 39 heavy (non-hydrogen) atoms. The zero-order chi connectivity index (χ0) is 26.8. The van der Waals surface area contributed by atoms with Crippen LogP contribution in [-0.2, 0) is 0 Å². The number of para-hydroxylation sites is 1. The van der Waals surface area contributed by atoms with E-state index < -0.39 is 0 Å². The minimum Gasteiger partial charge on any atom is -0.496 e. The lowest BCUT2D eigenvalue weighted by Crippen LogP contribution is -2.21. The number of anilines is 2. The normalized spacial score (nSPS) is 14.5. The van der Waals surface area contributed by atoms with E-state index in [1.807, 2.05) is 6.07 Å². The molecular formula is C35H31N3O. The van der Waals surface area contributed by atoms with Gasteiger partial charge in [0, 0.05) is 33.9 Å². The summed E-state index contributed by atoms with van der Waals surface area (Å²) < 4.78 is 8.29. The number of methoxy groups -OCH3 is 1. The largest absolute Gasteiger partial charge is 0.496 e. The Labute approximate surface area is 228 Å². The number of fused-ring (bicyclic) bond motifs is 7. The molecule has 2 aromatic heterocycles. The minimum atomic E-state index is 0.0173. The van der Waals surface area contributed by atoms with Crippen molar-refractivity contribution < 1.29 is 4.74 Å². The average Bonchev–Trinajstić information content (AvgIpc) is 3.27. The zero-order valence-corrected chi connectivity index (χ0v) is 23.0. The maximum Gasteiger partial charge on any atom is 0.123 e. The highest BCUT2D eigenvalue weighted by Gasteiger charge is 2.31. The third-order valence-corrected chi connectivity index (χ3v) is 8.50. The molecule has 1 aliphatic rings. The minimum absolute atomic E-state index is 0.0173. The summed E-state index contributed by atoms with van der Waals surface area (Å²) in [5.41, 5.74) is 8.16. The molecule has 0 amide bonds. The van der Waals surface area contributed by atoms with Crippen LogP contribution in [0.25, 0.3) is 43.4 Å². The van der Waals surface area contributed by atoms with Crippen molar-refractivity contribution >= 4 is 54.7 Å². The van der Waals surface area contributed by atoms with E-state index in [0.717, 1.165) is 28.1 Å². The summed E-state index contributed by atoms with van der Waals surface area (Å²) in [6.07, 6.45) is 2.09. The van der Waals surface area contributed by atoms with Gasteiger partial charge in [0.1, 0.15) is 11.9 Å². The summed E-state index contributed by atoms with van der Waals surface area (Å²) in [4.78, 5) is 7.34. The summed E-state index contributed by atoms with van der Waals surface area (Å²) in [6, 6.07) is 30.6. The standard InChI is InChI=1S/C35H31N3O/c1-21-23(3)36-20-30-28-15-9-7-13-26(28)25-12-6-8-14-27(25)29-16-10-18-32-35(29)38(34(21)30)24(4)37(32)31-17-11-19-33(39-5)22(31)2/h6-20,24H,1-5H3/t24-/m1/s1. The molecule has 0 fully saturated rings. The molecule has 1 atom stereocenters. The first-order valence-electron chi connectivity index (χ1n) is 13.5. The fourth-order valence-corrected chi connectivity index (χ4v) is 6.52. The maximum absolute atomic E-state index is 5.74. The first-order valence-corrected chi connectivity index (χ1v) is 13.5. The van der Waals surface area contributed by atoms with Crippen molar-refractivity contribution in [1.82, 2.24) is 9.55 Å². The lowest BCUT2D eigenvalue weighted by atomic mass is 10.0. The van der Waals surface area contributed by atoms with E-state index in [-0.39, 0.29) is 6.17 Å². The van der Waals surface area contributed by atoms with Crippen LogP contribution in [0.3, 0.4) is 0 Å². The fourth-order valence-electron chi connectivity index (χ4n) is 6.52. The van der Waals surface area contributed by atoms with Crippen LogP contribution in [0.1, 0.15) is 29.9 Å². The van der Waals surface area contributed by atoms with Crippen LogP contribution in [0.5, 0.6) is 5.75 Å². The van der Waals surface area contributed by atoms with Gasteiger partial charge in [-0.3, -0.25) is 4.98 Å². The number of nitrogens with zero attached hydrogens (tertiary/aromatic N) is 3. The molecule has 0 bridgehead atoms. The van der Waals surface area contributed by atoms with Crippen molar-refractivity contribution in [2.75, 3.05) is 12.0 Å². The Morgan fingerprint density at radius 3 is 1.85 bits per heavy atom. The van der Waals surface area contributed by atoms with Crippen molar-refractivity contribution in [3.05, 3.63) is 108 Å². The molecular weight excluding hydrogens is 478 g/mol. The van der Waals surface area contributed by atoms with E-state index in [1.165, 1.54) is 49.2 Å². The molecule has 0 unspecified atom stereocenters. The quantitative estimate of drug-likeness (QED) is 0.233. The first-order chi connectivity index (χ1) is 19.0. The number of hydrogen-bond donors (Lipinski definition) is 0. The number of hydrogen-bond acceptors (Lipinski definition) is 3. The first kappa shape index (κ1) is 23.5. The fraction of sp³-hybridized carbons (Fsp3) is 0.171. The molecule has 4 nitrogen and oxygen atoms in total. The lowest BCUT2D eigenvalue weighted by Gasteiger charge is -2.29. The zero-order valence-electron chi connectivity index (χ0n) is 23.0. The molecule has 4 aromatic carbocycles. The van der Waals surface area contributed by atoms with Crippen LogP contribution in [0, 0.1) is 20.8 Å². The molecule has 7 rings (SSSR count). The topological polar surface area (TPSA) is 30.3 Å². The summed E-state index contributed by atoms with van der Waals surface area (Å²) in [5, 5.41) is 7.28. The van der Waals surface area contributed by atoms with Crippen LogP contribution < -0.4 is 9.64 Å². The Kier molecular flexibility index (Phi) is 5.27. The molecule has 0 saturated carbocycles. The van der Waals surface area contributed by atoms with E-state index in [4.69, 9.17) is 9.72 Å². The molecule has 3 heterocycles. The number of benzene rings is 4. The van der Waals surface area contributed by atoms with Crippen molar-refractivity contribution in [2.45, 2.75) is 33.9 Å². The summed E-state index contributed by atoms with van der Waals surface area (Å²) in [6.45, 7) is 8.77. The Morgan fingerprint density at radius 1 is 0.615 bits per heavy atom. The Morgan fingerprint density at radius 2 is 1.18 bits per heavy atom. The average molecular weight is 510 g/mol. The smallest absolute Gasteiger partial charge is 0.123 e. The third kappa shape index (κ3) is 3.27. The van der Waals surface area contributed by atoms with Crippen LogP contribution in [0.2, 0.25) is 0 Å². The highest BCUT2D eigenvalue weighted by molar-refractivity contribution is 6.21. The molecule has 4 heteroatoms. The van der Waals surface area contributed by atoms with E-state index in [0.29, 0.717) is 0 Å². The molecule has 0 aliphatic carbocycles. The summed E-state index contributed by atoms with van der Waals surface area (Å²) in [7, 11) is 1.74. The van der Waals surface area contributed by atoms with Gasteiger partial charge >= 0.3 is 0 Å². The van der Waals surface area contributed by atoms with Crippen LogP contribution >= 0.6 is 0 Å². The van der Waals surface area contributed by atoms with Crippen molar-refractivity contribution in [3.8, 4) is 5.75 Å². The van der Waals surface area contributed by atoms with Gasteiger partial charge in [0.05, 0.1) is 23.8 Å². The van der Waals surface area contributed by atoms with E-state index in [9.17, 15) is 0 Å². The summed E-state index contributed by atoms with van der Waals surface area (Å²) >= 11 is 0. The number of aromatic nitrogens is 2. The van der Waals surface area contributed by atoms with Crippen LogP contribution in [0.4, 0.5) is 11.4 Å². The molecule has 192 valence electrons. The predicted octanol–water partition coefficient (Wildman–Crippen LogP) is 9.22. The maximum atomic E-state index is 5.74. The van der Waals surface area contributed by atoms with Gasteiger partial charge in [-0.2, -0.15) is 0 Å². The molecule has 0 saturated heterocycles. The van der Waals surface area contributed by atoms with Crippen molar-refractivity contribution in [2.24, 2.45) is 0 Å². The second kappa shape index (κ2) is 8.74. The van der Waals surface area contributed by atoms with Gasteiger partial charge in [-0.05, 0) is 73.0 Å². The molecule has 0 N–H and O–H groups in total. The third-order valence-electron chi connectivity index (χ3n) is 8.50. The van der Waals surface area contributed by atoms with Gasteiger partial charge in [0.15, 0.2) is 0 Å². The molecule has 1 aliphatic heterocycles. The Balaban J connectivity index is 1.80. The van der Waals surface area contributed by atoms with Crippen molar-refractivity contribution in [1.29, 1.82) is 0 Å². The lowest BCUT2D eigenvalue weighted by molar-refractivity contribution is 0.411. The van der Waals surface area contributed by atoms with Gasteiger partial charge < -0.3 is 14.2 Å². The van der Waals surface area contributed by atoms with Gasteiger partial charge in [-0.15, -0.1) is 0 Å². The number of aryl methyl sites for hydroxylation is 2. The Hall–Kier alpha value is -4.57. The van der Waals surface area contributed by atoms with E-state index in [2.05, 4.69) is 122 Å². The van der Waals surface area contributed by atoms with Crippen LogP contribution in [-0.4, -0.2) is 16.7 Å². The van der Waals surface area contributed by atoms with Crippen LogP contribution in [0.15, 0.2) is 91.1 Å². The predicted molar refractivity (Wildman–Crippen MR) is 164 cm³/mol. The Bertz CT molecular complexity index is 2020. The van der Waals surface area contributed by atoms with Gasteiger partial charge in [-0.25, -0.2) is 0 Å².